The molecule has 2 heterocycles. The van der Waals surface area contributed by atoms with Gasteiger partial charge in [-0.15, -0.1) is 0 Å². The van der Waals surface area contributed by atoms with Crippen molar-refractivity contribution < 1.29 is 0 Å². The molecule has 1 fully saturated rings. The molecule has 1 saturated heterocycles. The molecule has 2 unspecified atom stereocenters. The quantitative estimate of drug-likeness (QED) is 0.616. The lowest BCUT2D eigenvalue weighted by Gasteiger charge is -2.43. The number of hydrogen-bond donors (Lipinski definition) is 2. The lowest BCUT2D eigenvalue weighted by atomic mass is 9.79. The lowest BCUT2D eigenvalue weighted by molar-refractivity contribution is 0.316. The largest absolute Gasteiger partial charge is 0.386 e. The van der Waals surface area contributed by atoms with E-state index in [4.69, 9.17) is 11.1 Å². The minimum absolute atomic E-state index is 0.0798. The summed E-state index contributed by atoms with van der Waals surface area (Å²) in [5.41, 5.74) is 7.10. The van der Waals surface area contributed by atoms with E-state index in [1.165, 1.54) is 23.4 Å². The Balaban J connectivity index is 1.73. The highest BCUT2D eigenvalue weighted by Gasteiger charge is 2.41. The van der Waals surface area contributed by atoms with Crippen LogP contribution in [0, 0.1) is 22.2 Å². The van der Waals surface area contributed by atoms with E-state index in [-0.39, 0.29) is 11.9 Å². The standard InChI is InChI=1S/C21H25N5S/c1-15(13-25-10-4-5-11-25)26-16-6-2-3-7-18(16)27-19-8-9-21(14-22,20(23)24)12-17(19)26/h2-3,6-9,15H,4-5,10-13H2,1H3,(H3,23,24). The van der Waals surface area contributed by atoms with Crippen LogP contribution in [0.3, 0.4) is 0 Å². The summed E-state index contributed by atoms with van der Waals surface area (Å²) in [7, 11) is 0. The van der Waals surface area contributed by atoms with Crippen molar-refractivity contribution >= 4 is 23.3 Å². The molecule has 1 aliphatic carbocycles. The van der Waals surface area contributed by atoms with Gasteiger partial charge in [0, 0.05) is 34.5 Å². The Bertz CT molecular complexity index is 862. The number of nitriles is 1. The van der Waals surface area contributed by atoms with Crippen molar-refractivity contribution in [1.82, 2.24) is 4.90 Å². The van der Waals surface area contributed by atoms with Gasteiger partial charge in [0.1, 0.15) is 11.3 Å². The maximum atomic E-state index is 9.77. The van der Waals surface area contributed by atoms with Gasteiger partial charge in [0.25, 0.3) is 0 Å². The molecule has 1 aromatic rings. The molecule has 5 nitrogen and oxygen atoms in total. The van der Waals surface area contributed by atoms with Crippen molar-refractivity contribution in [3.8, 4) is 6.07 Å². The van der Waals surface area contributed by atoms with Gasteiger partial charge in [0.05, 0.1) is 11.8 Å². The molecule has 2 aliphatic heterocycles. The Labute approximate surface area is 165 Å². The van der Waals surface area contributed by atoms with Crippen LogP contribution in [0.15, 0.2) is 51.9 Å². The van der Waals surface area contributed by atoms with Crippen LogP contribution in [0.2, 0.25) is 0 Å². The van der Waals surface area contributed by atoms with Crippen LogP contribution >= 0.6 is 11.8 Å². The summed E-state index contributed by atoms with van der Waals surface area (Å²) in [5.74, 6) is -0.0798. The highest BCUT2D eigenvalue weighted by Crippen LogP contribution is 2.50. The van der Waals surface area contributed by atoms with E-state index in [0.717, 1.165) is 30.2 Å². The molecule has 3 N–H and O–H groups in total. The first-order chi connectivity index (χ1) is 13.0. The SMILES string of the molecule is CC(CN1CCCC1)N1C2=C(C=CC(C#N)(C(=N)N)C2)Sc2ccccc21. The zero-order valence-corrected chi connectivity index (χ0v) is 16.4. The fraction of sp³-hybridized carbons (Fsp3) is 0.429. The molecule has 27 heavy (non-hydrogen) atoms. The summed E-state index contributed by atoms with van der Waals surface area (Å²) in [6.07, 6.45) is 6.80. The fourth-order valence-corrected chi connectivity index (χ4v) is 5.35. The van der Waals surface area contributed by atoms with Gasteiger partial charge in [-0.1, -0.05) is 30.0 Å². The van der Waals surface area contributed by atoms with Gasteiger partial charge in [-0.25, -0.2) is 0 Å². The van der Waals surface area contributed by atoms with Gasteiger partial charge in [-0.3, -0.25) is 5.41 Å². The van der Waals surface area contributed by atoms with Crippen LogP contribution in [-0.2, 0) is 0 Å². The van der Waals surface area contributed by atoms with Gasteiger partial charge in [-0.2, -0.15) is 5.26 Å². The highest BCUT2D eigenvalue weighted by molar-refractivity contribution is 8.03. The summed E-state index contributed by atoms with van der Waals surface area (Å²) in [6, 6.07) is 11.0. The number of benzene rings is 1. The van der Waals surface area contributed by atoms with Gasteiger partial charge in [0.15, 0.2) is 0 Å². The molecule has 2 atom stereocenters. The number of likely N-dealkylation sites (tertiary alicyclic amines) is 1. The van der Waals surface area contributed by atoms with Crippen molar-refractivity contribution in [3.63, 3.8) is 0 Å². The molecule has 3 aliphatic rings. The molecule has 0 spiro atoms. The second-order valence-corrected chi connectivity index (χ2v) is 8.70. The Kier molecular flexibility index (Phi) is 4.75. The Morgan fingerprint density at radius 1 is 1.37 bits per heavy atom. The molecule has 0 bridgehead atoms. The number of para-hydroxylation sites is 1. The first-order valence-corrected chi connectivity index (χ1v) is 10.3. The molecule has 6 heteroatoms. The molecule has 0 amide bonds. The van der Waals surface area contributed by atoms with Crippen molar-refractivity contribution in [2.75, 3.05) is 24.5 Å². The van der Waals surface area contributed by atoms with E-state index in [1.807, 2.05) is 6.08 Å². The monoisotopic (exact) mass is 379 g/mol. The number of rotatable bonds is 4. The fourth-order valence-electron chi connectivity index (χ4n) is 4.27. The van der Waals surface area contributed by atoms with E-state index in [0.29, 0.717) is 6.42 Å². The van der Waals surface area contributed by atoms with Crippen molar-refractivity contribution in [3.05, 3.63) is 47.0 Å². The first kappa shape index (κ1) is 18.1. The van der Waals surface area contributed by atoms with E-state index < -0.39 is 5.41 Å². The third-order valence-corrected chi connectivity index (χ3v) is 6.88. The average Bonchev–Trinajstić information content (AvgIpc) is 3.18. The predicted molar refractivity (Wildman–Crippen MR) is 111 cm³/mol. The smallest absolute Gasteiger partial charge is 0.137 e. The molecule has 0 radical (unpaired) electrons. The number of allylic oxidation sites excluding steroid dienone is 2. The molecular formula is C21H25N5S. The summed E-state index contributed by atoms with van der Waals surface area (Å²) in [4.78, 5) is 7.31. The molecule has 0 saturated carbocycles. The zero-order valence-electron chi connectivity index (χ0n) is 15.6. The normalized spacial score (nSPS) is 25.7. The molecule has 140 valence electrons. The van der Waals surface area contributed by atoms with Crippen molar-refractivity contribution in [2.24, 2.45) is 11.1 Å². The topological polar surface area (TPSA) is 80.1 Å². The third kappa shape index (κ3) is 3.15. The first-order valence-electron chi connectivity index (χ1n) is 9.51. The molecule has 0 aromatic heterocycles. The predicted octanol–water partition coefficient (Wildman–Crippen LogP) is 3.70. The second kappa shape index (κ2) is 7.06. The van der Waals surface area contributed by atoms with Crippen LogP contribution < -0.4 is 10.6 Å². The Morgan fingerprint density at radius 2 is 2.11 bits per heavy atom. The summed E-state index contributed by atoms with van der Waals surface area (Å²) >= 11 is 1.74. The van der Waals surface area contributed by atoms with Crippen molar-refractivity contribution in [1.29, 1.82) is 10.7 Å². The number of amidine groups is 1. The average molecular weight is 380 g/mol. The van der Waals surface area contributed by atoms with Crippen LogP contribution in [0.25, 0.3) is 0 Å². The van der Waals surface area contributed by atoms with Crippen LogP contribution in [-0.4, -0.2) is 36.4 Å². The number of nitrogens with zero attached hydrogens (tertiary/aromatic N) is 3. The van der Waals surface area contributed by atoms with E-state index in [2.05, 4.69) is 47.1 Å². The number of nitrogens with two attached hydrogens (primary N) is 1. The highest BCUT2D eigenvalue weighted by atomic mass is 32.2. The zero-order chi connectivity index (χ0) is 19.0. The number of anilines is 1. The minimum Gasteiger partial charge on any atom is -0.386 e. The third-order valence-electron chi connectivity index (χ3n) is 5.73. The van der Waals surface area contributed by atoms with E-state index in [9.17, 15) is 5.26 Å². The van der Waals surface area contributed by atoms with Crippen molar-refractivity contribution in [2.45, 2.75) is 37.1 Å². The van der Waals surface area contributed by atoms with Gasteiger partial charge >= 0.3 is 0 Å². The van der Waals surface area contributed by atoms with Gasteiger partial charge < -0.3 is 15.5 Å². The van der Waals surface area contributed by atoms with Crippen LogP contribution in [0.4, 0.5) is 5.69 Å². The maximum Gasteiger partial charge on any atom is 0.137 e. The summed E-state index contributed by atoms with van der Waals surface area (Å²) < 4.78 is 0. The van der Waals surface area contributed by atoms with E-state index in [1.54, 1.807) is 17.8 Å². The molecule has 4 rings (SSSR count). The Morgan fingerprint density at radius 3 is 2.81 bits per heavy atom. The number of fused-ring (bicyclic) bond motifs is 1. The second-order valence-electron chi connectivity index (χ2n) is 7.61. The van der Waals surface area contributed by atoms with E-state index >= 15 is 0 Å². The summed E-state index contributed by atoms with van der Waals surface area (Å²) in [5, 5.41) is 17.8. The number of thioether (sulfide) groups is 1. The number of nitrogens with one attached hydrogen (secondary N) is 1. The van der Waals surface area contributed by atoms with Gasteiger partial charge in [0.2, 0.25) is 0 Å². The molecule has 1 aromatic carbocycles. The number of hydrogen-bond acceptors (Lipinski definition) is 5. The minimum atomic E-state index is -1.04. The summed E-state index contributed by atoms with van der Waals surface area (Å²) in [6.45, 7) is 5.58. The van der Waals surface area contributed by atoms with Crippen LogP contribution in [0.1, 0.15) is 26.2 Å². The van der Waals surface area contributed by atoms with Gasteiger partial charge in [-0.05, 0) is 51.1 Å². The molecular weight excluding hydrogens is 354 g/mol. The Hall–Kier alpha value is -2.23. The lowest BCUT2D eigenvalue weighted by Crippen LogP contribution is -2.45. The van der Waals surface area contributed by atoms with Crippen LogP contribution in [0.5, 0.6) is 0 Å². The maximum absolute atomic E-state index is 9.77.